The smallest absolute Gasteiger partial charge is 0.0622 e. The van der Waals surface area contributed by atoms with Gasteiger partial charge in [0.1, 0.15) is 0 Å². The number of hydrogen-bond acceptors (Lipinski definition) is 0. The Morgan fingerprint density at radius 3 is 1.62 bits per heavy atom. The number of fused-ring (bicyclic) bond motifs is 13. The molecule has 0 amide bonds. The van der Waals surface area contributed by atoms with E-state index in [1.807, 2.05) is 0 Å². The van der Waals surface area contributed by atoms with Gasteiger partial charge < -0.3 is 4.57 Å². The summed E-state index contributed by atoms with van der Waals surface area (Å²) in [4.78, 5) is 0. The molecule has 1 aromatic heterocycles. The molecule has 0 radical (unpaired) electrons. The van der Waals surface area contributed by atoms with Crippen molar-refractivity contribution < 1.29 is 0 Å². The first-order valence-electron chi connectivity index (χ1n) is 16.9. The highest BCUT2D eigenvalue weighted by molar-refractivity contribution is 6.25. The first kappa shape index (κ1) is 27.2. The van der Waals surface area contributed by atoms with E-state index < -0.39 is 0 Å². The Labute approximate surface area is 280 Å². The van der Waals surface area contributed by atoms with Crippen LogP contribution in [0.15, 0.2) is 164 Å². The fourth-order valence-corrected chi connectivity index (χ4v) is 8.57. The molecule has 0 unspecified atom stereocenters. The number of aromatic nitrogens is 1. The molecule has 0 N–H and O–H groups in total. The molecule has 1 aliphatic carbocycles. The van der Waals surface area contributed by atoms with Gasteiger partial charge in [-0.25, -0.2) is 0 Å². The first-order chi connectivity index (χ1) is 23.6. The second-order valence-electron chi connectivity index (χ2n) is 13.7. The molecule has 1 aliphatic rings. The van der Waals surface area contributed by atoms with Crippen LogP contribution in [0, 0.1) is 0 Å². The van der Waals surface area contributed by atoms with E-state index in [-0.39, 0.29) is 5.41 Å². The Balaban J connectivity index is 1.25. The highest BCUT2D eigenvalue weighted by Crippen LogP contribution is 2.52. The van der Waals surface area contributed by atoms with Crippen molar-refractivity contribution in [2.75, 3.05) is 0 Å². The molecule has 48 heavy (non-hydrogen) atoms. The molecular formula is C47H33N. The summed E-state index contributed by atoms with van der Waals surface area (Å²) >= 11 is 0. The molecule has 8 aromatic carbocycles. The van der Waals surface area contributed by atoms with Gasteiger partial charge in [-0.2, -0.15) is 0 Å². The minimum Gasteiger partial charge on any atom is -0.309 e. The Kier molecular flexibility index (Phi) is 5.69. The lowest BCUT2D eigenvalue weighted by Gasteiger charge is -2.28. The molecule has 226 valence electrons. The van der Waals surface area contributed by atoms with E-state index >= 15 is 0 Å². The van der Waals surface area contributed by atoms with Crippen molar-refractivity contribution in [2.24, 2.45) is 0 Å². The lowest BCUT2D eigenvalue weighted by Crippen LogP contribution is -2.20. The molecule has 10 rings (SSSR count). The average Bonchev–Trinajstić information content (AvgIpc) is 3.46. The molecule has 0 aliphatic heterocycles. The number of hydrogen-bond donors (Lipinski definition) is 0. The maximum Gasteiger partial charge on any atom is 0.0622 e. The summed E-state index contributed by atoms with van der Waals surface area (Å²) in [6.45, 7) is 4.74. The van der Waals surface area contributed by atoms with Crippen molar-refractivity contribution in [1.29, 1.82) is 0 Å². The lowest BCUT2D eigenvalue weighted by molar-refractivity contribution is 0.646. The van der Waals surface area contributed by atoms with E-state index in [1.165, 1.54) is 93.5 Å². The standard InChI is InChI=1S/C47H33N/c1-47(2)42-23-10-7-20-38(42)45-40-22-9-12-25-44(40)48(46(45)39-21-8-11-24-43(39)47)32-15-13-14-30(28-32)31-26-27-37-35-18-4-3-16-33(35)34-17-5-6-19-36(34)41(37)29-31/h3-29H,1-2H3. The zero-order valence-electron chi connectivity index (χ0n) is 27.0. The fraction of sp³-hybridized carbons (Fsp3) is 0.0638. The third-order valence-electron chi connectivity index (χ3n) is 10.8. The van der Waals surface area contributed by atoms with E-state index in [9.17, 15) is 0 Å². The van der Waals surface area contributed by atoms with Crippen LogP contribution in [0.1, 0.15) is 25.0 Å². The summed E-state index contributed by atoms with van der Waals surface area (Å²) in [5, 5.41) is 9.07. The van der Waals surface area contributed by atoms with Crippen LogP contribution in [0.4, 0.5) is 0 Å². The van der Waals surface area contributed by atoms with E-state index in [4.69, 9.17) is 0 Å². The van der Waals surface area contributed by atoms with Crippen LogP contribution >= 0.6 is 0 Å². The van der Waals surface area contributed by atoms with E-state index in [2.05, 4.69) is 182 Å². The number of rotatable bonds is 2. The third-order valence-corrected chi connectivity index (χ3v) is 10.8. The van der Waals surface area contributed by atoms with Gasteiger partial charge in [-0.15, -0.1) is 0 Å². The Morgan fingerprint density at radius 2 is 0.917 bits per heavy atom. The molecular weight excluding hydrogens is 579 g/mol. The SMILES string of the molecule is CC1(C)c2ccccc2-c2c(n(-c3cccc(-c4ccc5c6ccccc6c6ccccc6c5c4)c3)c3ccccc23)-c2ccccc21. The van der Waals surface area contributed by atoms with Crippen LogP contribution in [0.5, 0.6) is 0 Å². The molecule has 1 heteroatoms. The summed E-state index contributed by atoms with van der Waals surface area (Å²) in [5.74, 6) is 0. The van der Waals surface area contributed by atoms with Gasteiger partial charge in [0.15, 0.2) is 0 Å². The summed E-state index contributed by atoms with van der Waals surface area (Å²) in [6.07, 6.45) is 0. The van der Waals surface area contributed by atoms with Crippen molar-refractivity contribution in [2.45, 2.75) is 19.3 Å². The highest BCUT2D eigenvalue weighted by Gasteiger charge is 2.35. The normalized spacial score (nSPS) is 13.4. The van der Waals surface area contributed by atoms with Gasteiger partial charge in [-0.1, -0.05) is 153 Å². The molecule has 0 spiro atoms. The van der Waals surface area contributed by atoms with Crippen molar-refractivity contribution in [3.8, 4) is 39.2 Å². The zero-order valence-corrected chi connectivity index (χ0v) is 27.0. The van der Waals surface area contributed by atoms with Crippen molar-refractivity contribution in [3.05, 3.63) is 175 Å². The van der Waals surface area contributed by atoms with Gasteiger partial charge in [0, 0.05) is 27.6 Å². The molecule has 0 bridgehead atoms. The number of benzene rings is 8. The topological polar surface area (TPSA) is 4.93 Å². The van der Waals surface area contributed by atoms with Gasteiger partial charge in [0.25, 0.3) is 0 Å². The monoisotopic (exact) mass is 611 g/mol. The maximum absolute atomic E-state index is 2.51. The zero-order chi connectivity index (χ0) is 32.0. The summed E-state index contributed by atoms with van der Waals surface area (Å²) < 4.78 is 2.51. The number of nitrogens with zero attached hydrogens (tertiary/aromatic N) is 1. The van der Waals surface area contributed by atoms with Crippen LogP contribution in [0.3, 0.4) is 0 Å². The molecule has 1 nitrogen and oxygen atoms in total. The third kappa shape index (κ3) is 3.73. The Morgan fingerprint density at radius 1 is 0.396 bits per heavy atom. The fourth-order valence-electron chi connectivity index (χ4n) is 8.57. The summed E-state index contributed by atoms with van der Waals surface area (Å²) in [6, 6.07) is 60.7. The van der Waals surface area contributed by atoms with Crippen LogP contribution in [0.25, 0.3) is 82.4 Å². The van der Waals surface area contributed by atoms with Crippen LogP contribution in [-0.2, 0) is 5.41 Å². The van der Waals surface area contributed by atoms with E-state index in [0.29, 0.717) is 0 Å². The van der Waals surface area contributed by atoms with Gasteiger partial charge in [0.2, 0.25) is 0 Å². The van der Waals surface area contributed by atoms with Crippen LogP contribution in [0.2, 0.25) is 0 Å². The van der Waals surface area contributed by atoms with Gasteiger partial charge >= 0.3 is 0 Å². The first-order valence-corrected chi connectivity index (χ1v) is 16.9. The molecule has 1 heterocycles. The minimum atomic E-state index is -0.155. The Hall–Kier alpha value is -5.92. The summed E-state index contributed by atoms with van der Waals surface area (Å²) in [5.41, 5.74) is 12.6. The van der Waals surface area contributed by atoms with E-state index in [0.717, 1.165) is 0 Å². The highest BCUT2D eigenvalue weighted by atomic mass is 15.0. The molecule has 0 saturated carbocycles. The van der Waals surface area contributed by atoms with Crippen LogP contribution in [-0.4, -0.2) is 4.57 Å². The predicted octanol–water partition coefficient (Wildman–Crippen LogP) is 12.7. The second-order valence-corrected chi connectivity index (χ2v) is 13.7. The average molecular weight is 612 g/mol. The quantitative estimate of drug-likeness (QED) is 0.171. The molecule has 0 saturated heterocycles. The minimum absolute atomic E-state index is 0.155. The van der Waals surface area contributed by atoms with E-state index in [1.54, 1.807) is 0 Å². The van der Waals surface area contributed by atoms with Crippen molar-refractivity contribution in [3.63, 3.8) is 0 Å². The maximum atomic E-state index is 2.51. The molecule has 0 fully saturated rings. The molecule has 0 atom stereocenters. The van der Waals surface area contributed by atoms with Gasteiger partial charge in [0.05, 0.1) is 11.2 Å². The second kappa shape index (κ2) is 10.0. The number of para-hydroxylation sites is 1. The summed E-state index contributed by atoms with van der Waals surface area (Å²) in [7, 11) is 0. The van der Waals surface area contributed by atoms with Crippen molar-refractivity contribution >= 4 is 43.2 Å². The molecule has 9 aromatic rings. The largest absolute Gasteiger partial charge is 0.309 e. The Bertz CT molecular complexity index is 2720. The van der Waals surface area contributed by atoms with Crippen LogP contribution < -0.4 is 0 Å². The van der Waals surface area contributed by atoms with Gasteiger partial charge in [-0.05, 0) is 84.4 Å². The predicted molar refractivity (Wildman–Crippen MR) is 204 cm³/mol. The van der Waals surface area contributed by atoms with Crippen molar-refractivity contribution in [1.82, 2.24) is 4.57 Å². The lowest BCUT2D eigenvalue weighted by atomic mass is 9.75. The van der Waals surface area contributed by atoms with Gasteiger partial charge in [-0.3, -0.25) is 0 Å².